The van der Waals surface area contributed by atoms with E-state index in [1.165, 1.54) is 14.2 Å². The number of anilines is 2. The summed E-state index contributed by atoms with van der Waals surface area (Å²) in [4.78, 5) is 11.3. The number of fused-ring (bicyclic) bond motifs is 1. The highest BCUT2D eigenvalue weighted by Crippen LogP contribution is 2.38. The van der Waals surface area contributed by atoms with E-state index < -0.39 is 5.82 Å². The molecule has 1 aromatic heterocycles. The van der Waals surface area contributed by atoms with Gasteiger partial charge in [0, 0.05) is 37.1 Å². The molecule has 8 heteroatoms. The predicted molar refractivity (Wildman–Crippen MR) is 101 cm³/mol. The molecule has 2 heterocycles. The molecule has 1 aliphatic heterocycles. The second-order valence-corrected chi connectivity index (χ2v) is 7.31. The van der Waals surface area contributed by atoms with Crippen molar-refractivity contribution in [3.05, 3.63) is 11.9 Å². The number of ether oxygens (including phenoxy) is 2. The third kappa shape index (κ3) is 3.60. The summed E-state index contributed by atoms with van der Waals surface area (Å²) in [6, 6.07) is 1.72. The molecule has 0 radical (unpaired) electrons. The fourth-order valence-electron chi connectivity index (χ4n) is 2.97. The number of hydrogen-bond donors (Lipinski definition) is 2. The Morgan fingerprint density at radius 1 is 1.15 bits per heavy atom. The standard InChI is InChI=1S/C18H26FN5O2/c1-18(2,3)23-16-11-10-12(25-4)15(26-5)13(19)14(11)21-17(22-16)24-8-6-20-7-9-24/h10,20H,6-9H2,1-5H3,(H,21,22,23). The van der Waals surface area contributed by atoms with Crippen molar-refractivity contribution in [2.24, 2.45) is 0 Å². The predicted octanol–water partition coefficient (Wildman–Crippen LogP) is 2.41. The molecular weight excluding hydrogens is 337 g/mol. The number of nitrogens with one attached hydrogen (secondary N) is 2. The van der Waals surface area contributed by atoms with Crippen molar-refractivity contribution >= 4 is 22.7 Å². The summed E-state index contributed by atoms with van der Waals surface area (Å²) in [7, 11) is 2.90. The summed E-state index contributed by atoms with van der Waals surface area (Å²) in [5.74, 6) is 0.907. The number of rotatable bonds is 4. The number of hydrogen-bond acceptors (Lipinski definition) is 7. The molecule has 3 rings (SSSR count). The maximum atomic E-state index is 15.1. The number of methoxy groups -OCH3 is 2. The zero-order valence-electron chi connectivity index (χ0n) is 15.9. The Labute approximate surface area is 152 Å². The third-order valence-electron chi connectivity index (χ3n) is 4.16. The van der Waals surface area contributed by atoms with Crippen molar-refractivity contribution in [1.29, 1.82) is 0 Å². The first-order chi connectivity index (χ1) is 12.3. The molecule has 0 bridgehead atoms. The number of benzene rings is 1. The van der Waals surface area contributed by atoms with Gasteiger partial charge in [0.25, 0.3) is 0 Å². The third-order valence-corrected chi connectivity index (χ3v) is 4.16. The van der Waals surface area contributed by atoms with Gasteiger partial charge in [-0.3, -0.25) is 0 Å². The maximum absolute atomic E-state index is 15.1. The molecule has 142 valence electrons. The molecule has 26 heavy (non-hydrogen) atoms. The summed E-state index contributed by atoms with van der Waals surface area (Å²) in [5, 5.41) is 7.22. The van der Waals surface area contributed by atoms with Crippen LogP contribution in [-0.2, 0) is 0 Å². The minimum absolute atomic E-state index is 0.0478. The van der Waals surface area contributed by atoms with E-state index in [-0.39, 0.29) is 16.8 Å². The lowest BCUT2D eigenvalue weighted by Gasteiger charge is -2.29. The number of aromatic nitrogens is 2. The highest BCUT2D eigenvalue weighted by atomic mass is 19.1. The fraction of sp³-hybridized carbons (Fsp3) is 0.556. The molecule has 0 unspecified atom stereocenters. The van der Waals surface area contributed by atoms with E-state index in [1.54, 1.807) is 6.07 Å². The van der Waals surface area contributed by atoms with Crippen LogP contribution in [0.2, 0.25) is 0 Å². The Morgan fingerprint density at radius 2 is 1.85 bits per heavy atom. The maximum Gasteiger partial charge on any atom is 0.228 e. The Balaban J connectivity index is 2.23. The molecule has 0 saturated carbocycles. The highest BCUT2D eigenvalue weighted by molar-refractivity contribution is 5.93. The van der Waals surface area contributed by atoms with Crippen molar-refractivity contribution in [2.75, 3.05) is 50.6 Å². The van der Waals surface area contributed by atoms with Crippen molar-refractivity contribution in [1.82, 2.24) is 15.3 Å². The monoisotopic (exact) mass is 363 g/mol. The zero-order chi connectivity index (χ0) is 18.9. The average molecular weight is 363 g/mol. The first kappa shape index (κ1) is 18.4. The highest BCUT2D eigenvalue weighted by Gasteiger charge is 2.24. The molecule has 1 saturated heterocycles. The van der Waals surface area contributed by atoms with Crippen LogP contribution in [0.3, 0.4) is 0 Å². The summed E-state index contributed by atoms with van der Waals surface area (Å²) in [5.41, 5.74) is -0.0241. The van der Waals surface area contributed by atoms with Crippen LogP contribution < -0.4 is 25.0 Å². The fourth-order valence-corrected chi connectivity index (χ4v) is 2.97. The van der Waals surface area contributed by atoms with E-state index in [0.717, 1.165) is 26.2 Å². The smallest absolute Gasteiger partial charge is 0.228 e. The number of piperazine rings is 1. The van der Waals surface area contributed by atoms with Gasteiger partial charge in [-0.15, -0.1) is 0 Å². The van der Waals surface area contributed by atoms with E-state index in [9.17, 15) is 0 Å². The van der Waals surface area contributed by atoms with Crippen molar-refractivity contribution < 1.29 is 13.9 Å². The Morgan fingerprint density at radius 3 is 2.42 bits per heavy atom. The summed E-state index contributed by atoms with van der Waals surface area (Å²) in [6.45, 7) is 9.33. The topological polar surface area (TPSA) is 71.5 Å². The second kappa shape index (κ2) is 7.11. The quantitative estimate of drug-likeness (QED) is 0.864. The van der Waals surface area contributed by atoms with Gasteiger partial charge in [-0.2, -0.15) is 4.98 Å². The van der Waals surface area contributed by atoms with Crippen LogP contribution in [0, 0.1) is 5.82 Å². The molecule has 1 fully saturated rings. The molecule has 0 atom stereocenters. The minimum Gasteiger partial charge on any atom is -0.493 e. The molecule has 0 aliphatic carbocycles. The van der Waals surface area contributed by atoms with Gasteiger partial charge < -0.3 is 25.0 Å². The summed E-state index contributed by atoms with van der Waals surface area (Å²) in [6.07, 6.45) is 0. The van der Waals surface area contributed by atoms with Gasteiger partial charge in [0.15, 0.2) is 17.3 Å². The molecule has 1 aliphatic rings. The lowest BCUT2D eigenvalue weighted by Crippen LogP contribution is -2.44. The van der Waals surface area contributed by atoms with Gasteiger partial charge in [0.05, 0.1) is 14.2 Å². The second-order valence-electron chi connectivity index (χ2n) is 7.31. The van der Waals surface area contributed by atoms with Crippen LogP contribution >= 0.6 is 0 Å². The van der Waals surface area contributed by atoms with Crippen molar-refractivity contribution in [2.45, 2.75) is 26.3 Å². The minimum atomic E-state index is -0.544. The van der Waals surface area contributed by atoms with Crippen LogP contribution in [0.5, 0.6) is 11.5 Å². The van der Waals surface area contributed by atoms with E-state index in [4.69, 9.17) is 14.5 Å². The van der Waals surface area contributed by atoms with E-state index in [1.807, 2.05) is 20.8 Å². The largest absolute Gasteiger partial charge is 0.493 e. The van der Waals surface area contributed by atoms with Crippen LogP contribution in [0.25, 0.3) is 10.9 Å². The number of halogens is 1. The van der Waals surface area contributed by atoms with Gasteiger partial charge in [-0.1, -0.05) is 0 Å². The van der Waals surface area contributed by atoms with Crippen molar-refractivity contribution in [3.8, 4) is 11.5 Å². The first-order valence-corrected chi connectivity index (χ1v) is 8.70. The average Bonchev–Trinajstić information content (AvgIpc) is 2.61. The molecule has 0 amide bonds. The zero-order valence-corrected chi connectivity index (χ0v) is 15.9. The van der Waals surface area contributed by atoms with Gasteiger partial charge >= 0.3 is 0 Å². The first-order valence-electron chi connectivity index (χ1n) is 8.70. The van der Waals surface area contributed by atoms with Crippen LogP contribution in [0.4, 0.5) is 16.2 Å². The van der Waals surface area contributed by atoms with Gasteiger partial charge in [-0.05, 0) is 26.8 Å². The van der Waals surface area contributed by atoms with Crippen LogP contribution in [0.15, 0.2) is 6.07 Å². The number of nitrogens with zero attached hydrogens (tertiary/aromatic N) is 3. The molecule has 2 N–H and O–H groups in total. The lowest BCUT2D eigenvalue weighted by molar-refractivity contribution is 0.339. The Hall–Kier alpha value is -2.35. The Bertz CT molecular complexity index is 800. The summed E-state index contributed by atoms with van der Waals surface area (Å²) >= 11 is 0. The Kier molecular flexibility index (Phi) is 5.04. The molecular formula is C18H26FN5O2. The van der Waals surface area contributed by atoms with E-state index >= 15 is 4.39 Å². The van der Waals surface area contributed by atoms with Gasteiger partial charge in [-0.25, -0.2) is 9.37 Å². The van der Waals surface area contributed by atoms with E-state index in [2.05, 4.69) is 20.5 Å². The van der Waals surface area contributed by atoms with Crippen LogP contribution in [-0.4, -0.2) is 55.9 Å². The normalized spacial score (nSPS) is 15.2. The van der Waals surface area contributed by atoms with Gasteiger partial charge in [0.1, 0.15) is 11.3 Å². The molecule has 2 aromatic rings. The molecule has 1 aromatic carbocycles. The lowest BCUT2D eigenvalue weighted by atomic mass is 10.1. The molecule has 7 nitrogen and oxygen atoms in total. The SMILES string of the molecule is COc1cc2c(NC(C)(C)C)nc(N3CCNCC3)nc2c(F)c1OC. The van der Waals surface area contributed by atoms with Gasteiger partial charge in [0.2, 0.25) is 5.95 Å². The van der Waals surface area contributed by atoms with Crippen molar-refractivity contribution in [3.63, 3.8) is 0 Å². The summed E-state index contributed by atoms with van der Waals surface area (Å²) < 4.78 is 25.6. The van der Waals surface area contributed by atoms with Crippen LogP contribution in [0.1, 0.15) is 20.8 Å². The molecule has 0 spiro atoms. The van der Waals surface area contributed by atoms with E-state index in [0.29, 0.717) is 22.9 Å².